The third-order valence-electron chi connectivity index (χ3n) is 6.10. The van der Waals surface area contributed by atoms with Crippen molar-refractivity contribution in [3.05, 3.63) is 59.7 Å². The Labute approximate surface area is 168 Å². The van der Waals surface area contributed by atoms with Crippen molar-refractivity contribution < 1.29 is 14.6 Å². The molecular formula is C24H31NO3. The Morgan fingerprint density at radius 3 is 2.61 bits per heavy atom. The summed E-state index contributed by atoms with van der Waals surface area (Å²) in [6, 6.07) is 16.9. The summed E-state index contributed by atoms with van der Waals surface area (Å²) in [6.45, 7) is 4.48. The van der Waals surface area contributed by atoms with Crippen molar-refractivity contribution in [2.75, 3.05) is 32.9 Å². The van der Waals surface area contributed by atoms with Crippen LogP contribution in [0.2, 0.25) is 0 Å². The molecule has 0 radical (unpaired) electrons. The first-order valence-electron chi connectivity index (χ1n) is 10.5. The van der Waals surface area contributed by atoms with Crippen molar-refractivity contribution in [2.24, 2.45) is 5.41 Å². The van der Waals surface area contributed by atoms with Crippen molar-refractivity contribution in [3.63, 3.8) is 0 Å². The molecule has 0 aromatic heterocycles. The van der Waals surface area contributed by atoms with E-state index in [2.05, 4.69) is 47.4 Å². The maximum absolute atomic E-state index is 10.2. The fraction of sp³-hybridized carbons (Fsp3) is 0.500. The van der Waals surface area contributed by atoms with Crippen LogP contribution < -0.4 is 9.47 Å². The smallest absolute Gasteiger partial charge is 0.161 e. The Hall–Kier alpha value is -2.04. The van der Waals surface area contributed by atoms with E-state index in [0.29, 0.717) is 13.2 Å². The molecule has 0 amide bonds. The van der Waals surface area contributed by atoms with Crippen LogP contribution in [-0.2, 0) is 13.0 Å². The number of likely N-dealkylation sites (tertiary alicyclic amines) is 1. The van der Waals surface area contributed by atoms with Gasteiger partial charge in [-0.3, -0.25) is 4.90 Å². The molecule has 0 unspecified atom stereocenters. The number of hydrogen-bond acceptors (Lipinski definition) is 4. The molecule has 1 atom stereocenters. The van der Waals surface area contributed by atoms with Gasteiger partial charge in [0.2, 0.25) is 0 Å². The monoisotopic (exact) mass is 381 g/mol. The van der Waals surface area contributed by atoms with Crippen molar-refractivity contribution in [1.82, 2.24) is 4.90 Å². The minimum absolute atomic E-state index is 0.0286. The van der Waals surface area contributed by atoms with Gasteiger partial charge in [-0.25, -0.2) is 0 Å². The topological polar surface area (TPSA) is 41.9 Å². The molecule has 0 aliphatic carbocycles. The van der Waals surface area contributed by atoms with Crippen LogP contribution in [0.3, 0.4) is 0 Å². The second-order valence-corrected chi connectivity index (χ2v) is 8.29. The van der Waals surface area contributed by atoms with E-state index in [0.717, 1.165) is 63.2 Å². The van der Waals surface area contributed by atoms with Crippen LogP contribution in [0, 0.1) is 5.41 Å². The standard InChI is InChI=1S/C24H31NO3/c26-19-24(11-4-8-20-6-2-1-3-7-20)12-5-13-25(18-24)17-21-9-10-22-23(16-21)28-15-14-27-22/h1-3,6-7,9-10,16,26H,4-5,8,11-15,17-19H2/t24-/m1/s1. The number of hydrogen-bond donors (Lipinski definition) is 1. The molecule has 2 aliphatic rings. The Balaban J connectivity index is 1.35. The molecule has 2 heterocycles. The Kier molecular flexibility index (Phi) is 6.18. The molecule has 4 heteroatoms. The molecule has 0 saturated carbocycles. The average Bonchev–Trinajstić information content (AvgIpc) is 2.75. The Bertz CT molecular complexity index is 764. The first-order chi connectivity index (χ1) is 13.8. The van der Waals surface area contributed by atoms with Gasteiger partial charge < -0.3 is 14.6 Å². The van der Waals surface area contributed by atoms with Crippen LogP contribution in [-0.4, -0.2) is 42.9 Å². The van der Waals surface area contributed by atoms with Crippen LogP contribution in [0.4, 0.5) is 0 Å². The molecule has 2 aromatic carbocycles. The van der Waals surface area contributed by atoms with Gasteiger partial charge in [0.15, 0.2) is 11.5 Å². The zero-order valence-corrected chi connectivity index (χ0v) is 16.6. The number of fused-ring (bicyclic) bond motifs is 1. The number of ether oxygens (including phenoxy) is 2. The quantitative estimate of drug-likeness (QED) is 0.785. The molecular weight excluding hydrogens is 350 g/mol. The van der Waals surface area contributed by atoms with Crippen LogP contribution in [0.25, 0.3) is 0 Å². The normalized spacial score (nSPS) is 22.2. The summed E-state index contributed by atoms with van der Waals surface area (Å²) in [7, 11) is 0. The maximum atomic E-state index is 10.2. The first kappa shape index (κ1) is 19.3. The number of aliphatic hydroxyl groups is 1. The van der Waals surface area contributed by atoms with Crippen LogP contribution in [0.15, 0.2) is 48.5 Å². The Morgan fingerprint density at radius 2 is 1.79 bits per heavy atom. The molecule has 4 nitrogen and oxygen atoms in total. The molecule has 4 rings (SSSR count). The van der Waals surface area contributed by atoms with Crippen LogP contribution in [0.1, 0.15) is 36.8 Å². The summed E-state index contributed by atoms with van der Waals surface area (Å²) < 4.78 is 11.4. The van der Waals surface area contributed by atoms with E-state index in [1.54, 1.807) is 0 Å². The molecule has 2 aromatic rings. The molecule has 1 fully saturated rings. The average molecular weight is 382 g/mol. The minimum atomic E-state index is 0.0286. The van der Waals surface area contributed by atoms with Crippen molar-refractivity contribution in [3.8, 4) is 11.5 Å². The molecule has 0 spiro atoms. The number of benzene rings is 2. The van der Waals surface area contributed by atoms with E-state index in [1.807, 2.05) is 6.07 Å². The number of aryl methyl sites for hydroxylation is 1. The summed E-state index contributed by atoms with van der Waals surface area (Å²) in [6.07, 6.45) is 5.57. The summed E-state index contributed by atoms with van der Waals surface area (Å²) in [5.41, 5.74) is 2.67. The minimum Gasteiger partial charge on any atom is -0.486 e. The Morgan fingerprint density at radius 1 is 0.964 bits per heavy atom. The number of nitrogens with zero attached hydrogens (tertiary/aromatic N) is 1. The van der Waals surface area contributed by atoms with E-state index < -0.39 is 0 Å². The zero-order valence-electron chi connectivity index (χ0n) is 16.6. The lowest BCUT2D eigenvalue weighted by molar-refractivity contribution is 0.0207. The second kappa shape index (κ2) is 8.97. The van der Waals surface area contributed by atoms with E-state index >= 15 is 0 Å². The zero-order chi connectivity index (χ0) is 19.2. The maximum Gasteiger partial charge on any atom is 0.161 e. The molecule has 2 aliphatic heterocycles. The lowest BCUT2D eigenvalue weighted by Crippen LogP contribution is -2.45. The predicted octanol–water partition coefficient (Wildman–Crippen LogP) is 4.06. The second-order valence-electron chi connectivity index (χ2n) is 8.29. The third-order valence-corrected chi connectivity index (χ3v) is 6.10. The third kappa shape index (κ3) is 4.68. The van der Waals surface area contributed by atoms with Crippen molar-refractivity contribution >= 4 is 0 Å². The van der Waals surface area contributed by atoms with Gasteiger partial charge in [-0.15, -0.1) is 0 Å². The fourth-order valence-corrected chi connectivity index (χ4v) is 4.61. The lowest BCUT2D eigenvalue weighted by Gasteiger charge is -2.42. The van der Waals surface area contributed by atoms with Gasteiger partial charge in [-0.1, -0.05) is 36.4 Å². The highest BCUT2D eigenvalue weighted by Gasteiger charge is 2.34. The highest BCUT2D eigenvalue weighted by molar-refractivity contribution is 5.43. The highest BCUT2D eigenvalue weighted by atomic mass is 16.6. The van der Waals surface area contributed by atoms with E-state index in [4.69, 9.17) is 9.47 Å². The SMILES string of the molecule is OC[C@]1(CCCc2ccccc2)CCCN(Cc2ccc3c(c2)OCCO3)C1. The summed E-state index contributed by atoms with van der Waals surface area (Å²) in [4.78, 5) is 2.49. The van der Waals surface area contributed by atoms with Gasteiger partial charge in [0.1, 0.15) is 13.2 Å². The molecule has 1 N–H and O–H groups in total. The predicted molar refractivity (Wildman–Crippen MR) is 111 cm³/mol. The summed E-state index contributed by atoms with van der Waals surface area (Å²) in [5, 5.41) is 10.2. The summed E-state index contributed by atoms with van der Waals surface area (Å²) in [5.74, 6) is 1.70. The van der Waals surface area contributed by atoms with E-state index in [1.165, 1.54) is 11.1 Å². The van der Waals surface area contributed by atoms with Crippen LogP contribution >= 0.6 is 0 Å². The van der Waals surface area contributed by atoms with E-state index in [9.17, 15) is 5.11 Å². The first-order valence-corrected chi connectivity index (χ1v) is 10.5. The molecule has 1 saturated heterocycles. The van der Waals surface area contributed by atoms with Gasteiger partial charge >= 0.3 is 0 Å². The number of aliphatic hydroxyl groups excluding tert-OH is 1. The van der Waals surface area contributed by atoms with Gasteiger partial charge in [-0.2, -0.15) is 0 Å². The fourth-order valence-electron chi connectivity index (χ4n) is 4.61. The largest absolute Gasteiger partial charge is 0.486 e. The summed E-state index contributed by atoms with van der Waals surface area (Å²) >= 11 is 0. The lowest BCUT2D eigenvalue weighted by atomic mass is 9.76. The number of rotatable bonds is 7. The molecule has 150 valence electrons. The molecule has 28 heavy (non-hydrogen) atoms. The van der Waals surface area contributed by atoms with Gasteiger partial charge in [-0.05, 0) is 61.9 Å². The van der Waals surface area contributed by atoms with E-state index in [-0.39, 0.29) is 12.0 Å². The van der Waals surface area contributed by atoms with Crippen molar-refractivity contribution in [2.45, 2.75) is 38.6 Å². The highest BCUT2D eigenvalue weighted by Crippen LogP contribution is 2.36. The number of piperidine rings is 1. The van der Waals surface area contributed by atoms with Crippen molar-refractivity contribution in [1.29, 1.82) is 0 Å². The van der Waals surface area contributed by atoms with Gasteiger partial charge in [0.05, 0.1) is 0 Å². The molecule has 0 bridgehead atoms. The van der Waals surface area contributed by atoms with Gasteiger partial charge in [0.25, 0.3) is 0 Å². The van der Waals surface area contributed by atoms with Gasteiger partial charge in [0, 0.05) is 25.1 Å². The van der Waals surface area contributed by atoms with Crippen LogP contribution in [0.5, 0.6) is 11.5 Å².